The summed E-state index contributed by atoms with van der Waals surface area (Å²) in [7, 11) is 0. The minimum atomic E-state index is -0.808. The Bertz CT molecular complexity index is 600. The lowest BCUT2D eigenvalue weighted by atomic mass is 9.81. The SMILES string of the molecule is CC(COc1ccc(F)cc1F)NC(=O)C1CCC(C(=O)O)CC1. The smallest absolute Gasteiger partial charge is 0.306 e. The van der Waals surface area contributed by atoms with Crippen LogP contribution in [-0.2, 0) is 9.59 Å². The van der Waals surface area contributed by atoms with Gasteiger partial charge in [-0.2, -0.15) is 0 Å². The number of rotatable bonds is 6. The standard InChI is InChI=1S/C17H21F2NO4/c1-10(9-24-15-7-6-13(18)8-14(15)19)20-16(21)11-2-4-12(5-3-11)17(22)23/h6-8,10-12H,2-5,9H2,1H3,(H,20,21)(H,22,23). The van der Waals surface area contributed by atoms with Crippen molar-refractivity contribution < 1.29 is 28.2 Å². The van der Waals surface area contributed by atoms with Crippen LogP contribution < -0.4 is 10.1 Å². The molecule has 5 nitrogen and oxygen atoms in total. The average Bonchev–Trinajstić information content (AvgIpc) is 2.54. The van der Waals surface area contributed by atoms with Crippen LogP contribution >= 0.6 is 0 Å². The molecule has 0 spiro atoms. The van der Waals surface area contributed by atoms with Crippen LogP contribution in [0.2, 0.25) is 0 Å². The summed E-state index contributed by atoms with van der Waals surface area (Å²) in [5.74, 6) is -3.06. The predicted octanol–water partition coefficient (Wildman–Crippen LogP) is 2.74. The molecule has 1 fully saturated rings. The number of carbonyl (C=O) groups excluding carboxylic acids is 1. The van der Waals surface area contributed by atoms with Crippen molar-refractivity contribution >= 4 is 11.9 Å². The van der Waals surface area contributed by atoms with Gasteiger partial charge in [-0.15, -0.1) is 0 Å². The summed E-state index contributed by atoms with van der Waals surface area (Å²) < 4.78 is 31.5. The highest BCUT2D eigenvalue weighted by Crippen LogP contribution is 2.29. The van der Waals surface area contributed by atoms with E-state index in [1.54, 1.807) is 6.92 Å². The molecule has 0 radical (unpaired) electrons. The number of ether oxygens (including phenoxy) is 1. The molecule has 1 aromatic rings. The minimum absolute atomic E-state index is 0.0543. The van der Waals surface area contributed by atoms with Crippen molar-refractivity contribution in [2.45, 2.75) is 38.6 Å². The number of amides is 1. The minimum Gasteiger partial charge on any atom is -0.488 e. The van der Waals surface area contributed by atoms with Gasteiger partial charge in [-0.1, -0.05) is 0 Å². The molecular weight excluding hydrogens is 320 g/mol. The molecule has 1 atom stereocenters. The predicted molar refractivity (Wildman–Crippen MR) is 82.5 cm³/mol. The number of carbonyl (C=O) groups is 2. The number of benzene rings is 1. The number of aliphatic carboxylic acids is 1. The molecule has 132 valence electrons. The molecule has 2 N–H and O–H groups in total. The molecule has 0 aromatic heterocycles. The Hall–Kier alpha value is -2.18. The first-order valence-corrected chi connectivity index (χ1v) is 7.98. The number of carboxylic acid groups (broad SMARTS) is 1. The fraction of sp³-hybridized carbons (Fsp3) is 0.529. The van der Waals surface area contributed by atoms with Gasteiger partial charge in [0.05, 0.1) is 12.0 Å². The van der Waals surface area contributed by atoms with E-state index >= 15 is 0 Å². The molecule has 1 amide bonds. The molecule has 24 heavy (non-hydrogen) atoms. The molecule has 1 saturated carbocycles. The number of nitrogens with one attached hydrogen (secondary N) is 1. The first-order valence-electron chi connectivity index (χ1n) is 7.98. The van der Waals surface area contributed by atoms with Gasteiger partial charge in [0.25, 0.3) is 0 Å². The molecule has 0 saturated heterocycles. The summed E-state index contributed by atoms with van der Waals surface area (Å²) >= 11 is 0. The summed E-state index contributed by atoms with van der Waals surface area (Å²) in [6, 6.07) is 2.69. The second-order valence-corrected chi connectivity index (χ2v) is 6.18. The largest absolute Gasteiger partial charge is 0.488 e. The van der Waals surface area contributed by atoms with E-state index in [2.05, 4.69) is 5.32 Å². The van der Waals surface area contributed by atoms with Crippen molar-refractivity contribution in [1.82, 2.24) is 5.32 Å². The van der Waals surface area contributed by atoms with Crippen molar-refractivity contribution in [2.75, 3.05) is 6.61 Å². The highest BCUT2D eigenvalue weighted by atomic mass is 19.1. The van der Waals surface area contributed by atoms with Crippen molar-refractivity contribution in [1.29, 1.82) is 0 Å². The monoisotopic (exact) mass is 341 g/mol. The Morgan fingerprint density at radius 2 is 1.88 bits per heavy atom. The van der Waals surface area contributed by atoms with Crippen LogP contribution in [-0.4, -0.2) is 29.6 Å². The van der Waals surface area contributed by atoms with Gasteiger partial charge in [-0.25, -0.2) is 8.78 Å². The second kappa shape index (κ2) is 8.08. The quantitative estimate of drug-likeness (QED) is 0.834. The Morgan fingerprint density at radius 3 is 2.46 bits per heavy atom. The molecule has 0 bridgehead atoms. The van der Waals surface area contributed by atoms with E-state index in [0.29, 0.717) is 25.7 Å². The fourth-order valence-electron chi connectivity index (χ4n) is 2.81. The van der Waals surface area contributed by atoms with Crippen LogP contribution in [0.1, 0.15) is 32.6 Å². The summed E-state index contributed by atoms with van der Waals surface area (Å²) in [5.41, 5.74) is 0. The summed E-state index contributed by atoms with van der Waals surface area (Å²) in [6.07, 6.45) is 2.09. The van der Waals surface area contributed by atoms with E-state index in [-0.39, 0.29) is 36.1 Å². The average molecular weight is 341 g/mol. The van der Waals surface area contributed by atoms with Crippen molar-refractivity contribution in [2.24, 2.45) is 11.8 Å². The van der Waals surface area contributed by atoms with Gasteiger partial charge in [0.1, 0.15) is 12.4 Å². The van der Waals surface area contributed by atoms with Crippen LogP contribution in [0, 0.1) is 23.5 Å². The Morgan fingerprint density at radius 1 is 1.25 bits per heavy atom. The van der Waals surface area contributed by atoms with Crippen LogP contribution in [0.25, 0.3) is 0 Å². The number of hydrogen-bond acceptors (Lipinski definition) is 3. The number of halogens is 2. The number of hydrogen-bond donors (Lipinski definition) is 2. The zero-order valence-corrected chi connectivity index (χ0v) is 13.4. The molecule has 0 aliphatic heterocycles. The molecule has 1 aliphatic rings. The first kappa shape index (κ1) is 18.2. The van der Waals surface area contributed by atoms with E-state index in [1.807, 2.05) is 0 Å². The second-order valence-electron chi connectivity index (χ2n) is 6.18. The van der Waals surface area contributed by atoms with Crippen LogP contribution in [0.15, 0.2) is 18.2 Å². The van der Waals surface area contributed by atoms with Crippen molar-refractivity contribution in [3.63, 3.8) is 0 Å². The van der Waals surface area contributed by atoms with Gasteiger partial charge in [-0.05, 0) is 44.7 Å². The van der Waals surface area contributed by atoms with Crippen molar-refractivity contribution in [3.05, 3.63) is 29.8 Å². The van der Waals surface area contributed by atoms with E-state index in [4.69, 9.17) is 9.84 Å². The topological polar surface area (TPSA) is 75.6 Å². The summed E-state index contributed by atoms with van der Waals surface area (Å²) in [6.45, 7) is 1.78. The third-order valence-corrected chi connectivity index (χ3v) is 4.22. The van der Waals surface area contributed by atoms with Gasteiger partial charge in [0.15, 0.2) is 11.6 Å². The van der Waals surface area contributed by atoms with E-state index < -0.39 is 17.6 Å². The Balaban J connectivity index is 1.77. The molecule has 7 heteroatoms. The summed E-state index contributed by atoms with van der Waals surface area (Å²) in [4.78, 5) is 23.1. The van der Waals surface area contributed by atoms with Gasteiger partial charge >= 0.3 is 5.97 Å². The first-order chi connectivity index (χ1) is 11.4. The highest BCUT2D eigenvalue weighted by molar-refractivity contribution is 5.79. The molecule has 1 aliphatic carbocycles. The maximum Gasteiger partial charge on any atom is 0.306 e. The molecule has 1 unspecified atom stereocenters. The Kier molecular flexibility index (Phi) is 6.11. The molecule has 2 rings (SSSR count). The van der Waals surface area contributed by atoms with E-state index in [9.17, 15) is 18.4 Å². The third-order valence-electron chi connectivity index (χ3n) is 4.22. The molecule has 0 heterocycles. The lowest BCUT2D eigenvalue weighted by molar-refractivity contribution is -0.144. The molecular formula is C17H21F2NO4. The Labute approximate surface area is 139 Å². The van der Waals surface area contributed by atoms with Crippen molar-refractivity contribution in [3.8, 4) is 5.75 Å². The van der Waals surface area contributed by atoms with Gasteiger partial charge < -0.3 is 15.2 Å². The highest BCUT2D eigenvalue weighted by Gasteiger charge is 2.30. The van der Waals surface area contributed by atoms with Crippen LogP contribution in [0.4, 0.5) is 8.78 Å². The normalized spacial score (nSPS) is 21.8. The summed E-state index contributed by atoms with van der Waals surface area (Å²) in [5, 5.41) is 11.7. The lowest BCUT2D eigenvalue weighted by Crippen LogP contribution is -2.41. The lowest BCUT2D eigenvalue weighted by Gasteiger charge is -2.26. The van der Waals surface area contributed by atoms with Crippen LogP contribution in [0.5, 0.6) is 5.75 Å². The van der Waals surface area contributed by atoms with Gasteiger partial charge in [0, 0.05) is 12.0 Å². The zero-order chi connectivity index (χ0) is 17.7. The maximum atomic E-state index is 13.5. The van der Waals surface area contributed by atoms with Gasteiger partial charge in [0.2, 0.25) is 5.91 Å². The third kappa shape index (κ3) is 4.91. The van der Waals surface area contributed by atoms with E-state index in [0.717, 1.165) is 12.1 Å². The van der Waals surface area contributed by atoms with E-state index in [1.165, 1.54) is 6.07 Å². The zero-order valence-electron chi connectivity index (χ0n) is 13.4. The fourth-order valence-corrected chi connectivity index (χ4v) is 2.81. The molecule has 1 aromatic carbocycles. The maximum absolute atomic E-state index is 13.5. The number of carboxylic acids is 1. The van der Waals surface area contributed by atoms with Gasteiger partial charge in [-0.3, -0.25) is 9.59 Å². The van der Waals surface area contributed by atoms with Crippen LogP contribution in [0.3, 0.4) is 0 Å².